The molecule has 0 aliphatic carbocycles. The minimum absolute atomic E-state index is 0.134. The number of amides is 1. The molecule has 0 bridgehead atoms. The van der Waals surface area contributed by atoms with E-state index in [0.717, 1.165) is 10.1 Å². The van der Waals surface area contributed by atoms with Gasteiger partial charge in [0.05, 0.1) is 11.5 Å². The number of rotatable bonds is 6. The fourth-order valence-corrected chi connectivity index (χ4v) is 2.83. The Hall–Kier alpha value is -4.01. The van der Waals surface area contributed by atoms with Crippen LogP contribution in [0.15, 0.2) is 70.4 Å². The van der Waals surface area contributed by atoms with Gasteiger partial charge in [-0.1, -0.05) is 36.4 Å². The van der Waals surface area contributed by atoms with Gasteiger partial charge in [0.15, 0.2) is 0 Å². The maximum Gasteiger partial charge on any atom is 0.331 e. The van der Waals surface area contributed by atoms with Gasteiger partial charge in [-0.3, -0.25) is 28.8 Å². The fourth-order valence-electron chi connectivity index (χ4n) is 2.83. The minimum Gasteiger partial charge on any atom is -0.324 e. The van der Waals surface area contributed by atoms with Gasteiger partial charge in [0, 0.05) is 29.6 Å². The standard InChI is InChI=1S/C20H18N4O5/c1-14-7-8-16(11-17(14)24(28)29)21-18(25)13-23-19(26)9-10-22(20(23)27)12-15-5-3-2-4-6-15/h2-11H,12-13H2,1H3,(H,21,25). The van der Waals surface area contributed by atoms with Crippen LogP contribution >= 0.6 is 0 Å². The highest BCUT2D eigenvalue weighted by atomic mass is 16.6. The number of nitro benzene ring substituents is 1. The van der Waals surface area contributed by atoms with Gasteiger partial charge in [0.25, 0.3) is 11.2 Å². The summed E-state index contributed by atoms with van der Waals surface area (Å²) in [6.45, 7) is 1.34. The maximum atomic E-state index is 12.6. The number of carbonyl (C=O) groups excluding carboxylic acids is 1. The third kappa shape index (κ3) is 4.64. The van der Waals surface area contributed by atoms with Crippen molar-refractivity contribution in [3.05, 3.63) is 103 Å². The molecule has 0 saturated carbocycles. The van der Waals surface area contributed by atoms with Crippen LogP contribution in [0.1, 0.15) is 11.1 Å². The zero-order valence-corrected chi connectivity index (χ0v) is 15.6. The van der Waals surface area contributed by atoms with Crippen molar-refractivity contribution in [2.75, 3.05) is 5.32 Å². The Morgan fingerprint density at radius 3 is 2.52 bits per heavy atom. The Morgan fingerprint density at radius 2 is 1.83 bits per heavy atom. The van der Waals surface area contributed by atoms with E-state index in [-0.39, 0.29) is 17.9 Å². The molecule has 9 nitrogen and oxygen atoms in total. The van der Waals surface area contributed by atoms with Crippen LogP contribution in [0, 0.1) is 17.0 Å². The third-order valence-corrected chi connectivity index (χ3v) is 4.33. The molecule has 0 aliphatic rings. The Labute approximate surface area is 165 Å². The molecule has 9 heteroatoms. The highest BCUT2D eigenvalue weighted by Crippen LogP contribution is 2.22. The first kappa shape index (κ1) is 19.7. The summed E-state index contributed by atoms with van der Waals surface area (Å²) in [5.41, 5.74) is 0.175. The van der Waals surface area contributed by atoms with Crippen LogP contribution in [0.2, 0.25) is 0 Å². The molecular weight excluding hydrogens is 376 g/mol. The van der Waals surface area contributed by atoms with Crippen LogP contribution in [-0.4, -0.2) is 20.0 Å². The molecule has 3 rings (SSSR count). The Bertz CT molecular complexity index is 1180. The third-order valence-electron chi connectivity index (χ3n) is 4.33. The zero-order chi connectivity index (χ0) is 21.0. The molecule has 0 aliphatic heterocycles. The number of anilines is 1. The molecule has 3 aromatic rings. The molecule has 1 amide bonds. The molecule has 1 N–H and O–H groups in total. The maximum absolute atomic E-state index is 12.6. The molecule has 1 aromatic heterocycles. The number of aromatic nitrogens is 2. The molecule has 0 radical (unpaired) electrons. The van der Waals surface area contributed by atoms with Gasteiger partial charge in [-0.05, 0) is 18.6 Å². The van der Waals surface area contributed by atoms with E-state index < -0.39 is 28.6 Å². The fraction of sp³-hybridized carbons (Fsp3) is 0.150. The summed E-state index contributed by atoms with van der Waals surface area (Å²) in [6.07, 6.45) is 1.38. The quantitative estimate of drug-likeness (QED) is 0.506. The monoisotopic (exact) mass is 394 g/mol. The highest BCUT2D eigenvalue weighted by Gasteiger charge is 2.14. The van der Waals surface area contributed by atoms with Crippen molar-refractivity contribution < 1.29 is 9.72 Å². The predicted molar refractivity (Wildman–Crippen MR) is 107 cm³/mol. The second kappa shape index (κ2) is 8.34. The van der Waals surface area contributed by atoms with E-state index in [4.69, 9.17) is 0 Å². The number of nitrogens with one attached hydrogen (secondary N) is 1. The Balaban J connectivity index is 1.81. The average Bonchev–Trinajstić information content (AvgIpc) is 2.69. The molecule has 0 unspecified atom stereocenters. The summed E-state index contributed by atoms with van der Waals surface area (Å²) in [7, 11) is 0. The van der Waals surface area contributed by atoms with Gasteiger partial charge >= 0.3 is 5.69 Å². The average molecular weight is 394 g/mol. The molecule has 1 heterocycles. The normalized spacial score (nSPS) is 10.5. The van der Waals surface area contributed by atoms with E-state index in [0.29, 0.717) is 5.56 Å². The SMILES string of the molecule is Cc1ccc(NC(=O)Cn2c(=O)ccn(Cc3ccccc3)c2=O)cc1[N+](=O)[O-]. The topological polar surface area (TPSA) is 116 Å². The molecule has 0 atom stereocenters. The number of carbonyl (C=O) groups is 1. The molecule has 0 fully saturated rings. The molecule has 0 saturated heterocycles. The summed E-state index contributed by atoms with van der Waals surface area (Å²) in [6, 6.07) is 14.7. The number of nitro groups is 1. The Kier molecular flexibility index (Phi) is 5.68. The summed E-state index contributed by atoms with van der Waals surface area (Å²) < 4.78 is 2.15. The molecule has 2 aromatic carbocycles. The van der Waals surface area contributed by atoms with E-state index in [9.17, 15) is 24.5 Å². The summed E-state index contributed by atoms with van der Waals surface area (Å²) >= 11 is 0. The lowest BCUT2D eigenvalue weighted by atomic mass is 10.2. The van der Waals surface area contributed by atoms with E-state index in [1.165, 1.54) is 35.0 Å². The summed E-state index contributed by atoms with van der Waals surface area (Å²) in [5.74, 6) is -0.639. The van der Waals surface area contributed by atoms with Gasteiger partial charge in [0.1, 0.15) is 6.54 Å². The smallest absolute Gasteiger partial charge is 0.324 e. The van der Waals surface area contributed by atoms with Gasteiger partial charge < -0.3 is 5.32 Å². The van der Waals surface area contributed by atoms with Gasteiger partial charge in [-0.15, -0.1) is 0 Å². The van der Waals surface area contributed by atoms with Crippen LogP contribution in [0.4, 0.5) is 11.4 Å². The lowest BCUT2D eigenvalue weighted by Crippen LogP contribution is -2.41. The van der Waals surface area contributed by atoms with E-state index >= 15 is 0 Å². The minimum atomic E-state index is -0.639. The van der Waals surface area contributed by atoms with Crippen molar-refractivity contribution in [3.63, 3.8) is 0 Å². The van der Waals surface area contributed by atoms with E-state index in [1.54, 1.807) is 6.92 Å². The van der Waals surface area contributed by atoms with E-state index in [1.807, 2.05) is 30.3 Å². The molecular formula is C20H18N4O5. The largest absolute Gasteiger partial charge is 0.331 e. The van der Waals surface area contributed by atoms with Crippen molar-refractivity contribution >= 4 is 17.3 Å². The first-order valence-corrected chi connectivity index (χ1v) is 8.74. The van der Waals surface area contributed by atoms with Crippen molar-refractivity contribution in [3.8, 4) is 0 Å². The van der Waals surface area contributed by atoms with Crippen LogP contribution in [0.5, 0.6) is 0 Å². The van der Waals surface area contributed by atoms with Gasteiger partial charge in [0.2, 0.25) is 5.91 Å². The number of nitrogens with zero attached hydrogens (tertiary/aromatic N) is 3. The second-order valence-electron chi connectivity index (χ2n) is 6.44. The lowest BCUT2D eigenvalue weighted by Gasteiger charge is -2.11. The van der Waals surface area contributed by atoms with Crippen LogP contribution < -0.4 is 16.6 Å². The predicted octanol–water partition coefficient (Wildman–Crippen LogP) is 1.91. The molecule has 148 valence electrons. The number of benzene rings is 2. The van der Waals surface area contributed by atoms with Crippen molar-refractivity contribution in [1.82, 2.24) is 9.13 Å². The summed E-state index contributed by atoms with van der Waals surface area (Å²) in [4.78, 5) is 47.5. The van der Waals surface area contributed by atoms with Crippen molar-refractivity contribution in [1.29, 1.82) is 0 Å². The lowest BCUT2D eigenvalue weighted by molar-refractivity contribution is -0.385. The number of hydrogen-bond acceptors (Lipinski definition) is 5. The number of hydrogen-bond donors (Lipinski definition) is 1. The molecule has 29 heavy (non-hydrogen) atoms. The molecule has 0 spiro atoms. The number of aryl methyl sites for hydroxylation is 1. The van der Waals surface area contributed by atoms with E-state index in [2.05, 4.69) is 5.32 Å². The Morgan fingerprint density at radius 1 is 1.10 bits per heavy atom. The second-order valence-corrected chi connectivity index (χ2v) is 6.44. The van der Waals surface area contributed by atoms with Crippen LogP contribution in [0.25, 0.3) is 0 Å². The van der Waals surface area contributed by atoms with Crippen molar-refractivity contribution in [2.24, 2.45) is 0 Å². The van der Waals surface area contributed by atoms with Crippen LogP contribution in [0.3, 0.4) is 0 Å². The zero-order valence-electron chi connectivity index (χ0n) is 15.6. The van der Waals surface area contributed by atoms with Crippen LogP contribution in [-0.2, 0) is 17.9 Å². The first-order valence-electron chi connectivity index (χ1n) is 8.74. The van der Waals surface area contributed by atoms with Gasteiger partial charge in [-0.25, -0.2) is 4.79 Å². The van der Waals surface area contributed by atoms with Crippen molar-refractivity contribution in [2.45, 2.75) is 20.0 Å². The van der Waals surface area contributed by atoms with Gasteiger partial charge in [-0.2, -0.15) is 0 Å². The highest BCUT2D eigenvalue weighted by molar-refractivity contribution is 5.91. The first-order chi connectivity index (χ1) is 13.8. The summed E-state index contributed by atoms with van der Waals surface area (Å²) in [5, 5.41) is 13.5.